The molecule has 4 heteroatoms. The molecule has 1 unspecified atom stereocenters. The van der Waals surface area contributed by atoms with Gasteiger partial charge in [-0.05, 0) is 50.1 Å². The zero-order chi connectivity index (χ0) is 15.9. The van der Waals surface area contributed by atoms with E-state index < -0.39 is 0 Å². The topological polar surface area (TPSA) is 33.2 Å². The lowest BCUT2D eigenvalue weighted by molar-refractivity contribution is -0.128. The van der Waals surface area contributed by atoms with Crippen molar-refractivity contribution in [2.45, 2.75) is 30.4 Å². The summed E-state index contributed by atoms with van der Waals surface area (Å²) in [6.07, 6.45) is 4.42. The van der Waals surface area contributed by atoms with Crippen LogP contribution in [0, 0.1) is 6.92 Å². The molecule has 0 aliphatic rings. The number of aromatic nitrogens is 1. The van der Waals surface area contributed by atoms with Crippen LogP contribution >= 0.6 is 11.8 Å². The van der Waals surface area contributed by atoms with E-state index in [0.717, 1.165) is 17.9 Å². The average Bonchev–Trinajstić information content (AvgIpc) is 2.55. The first-order valence-electron chi connectivity index (χ1n) is 7.43. The summed E-state index contributed by atoms with van der Waals surface area (Å²) in [5.41, 5.74) is 2.44. The molecule has 0 bridgehead atoms. The maximum Gasteiger partial charge on any atom is 0.235 e. The Labute approximate surface area is 136 Å². The minimum absolute atomic E-state index is 0.0786. The predicted octanol–water partition coefficient (Wildman–Crippen LogP) is 3.57. The van der Waals surface area contributed by atoms with E-state index in [-0.39, 0.29) is 11.2 Å². The number of aryl methyl sites for hydroxylation is 1. The number of rotatable bonds is 6. The molecule has 116 valence electrons. The molecule has 2 rings (SSSR count). The second kappa shape index (κ2) is 7.99. The van der Waals surface area contributed by atoms with Crippen LogP contribution in [-0.4, -0.2) is 34.6 Å². The molecule has 0 N–H and O–H groups in total. The molecule has 2 aromatic rings. The van der Waals surface area contributed by atoms with Crippen LogP contribution in [0.2, 0.25) is 0 Å². The number of amides is 1. The number of pyridine rings is 1. The number of nitrogens with zero attached hydrogens (tertiary/aromatic N) is 2. The highest BCUT2D eigenvalue weighted by Crippen LogP contribution is 2.24. The lowest BCUT2D eigenvalue weighted by atomic mass is 10.2. The fraction of sp³-hybridized carbons (Fsp3) is 0.333. The normalized spacial score (nSPS) is 12.0. The average molecular weight is 314 g/mol. The standard InChI is InChI=1S/C18H22N2OS/c1-14-4-6-17(7-5-14)22-15(2)18(21)20(3)13-10-16-8-11-19-12-9-16/h4-9,11-12,15H,10,13H2,1-3H3. The number of benzene rings is 1. The second-order valence-corrected chi connectivity index (χ2v) is 6.85. The third-order valence-electron chi connectivity index (χ3n) is 3.54. The van der Waals surface area contributed by atoms with Gasteiger partial charge in [-0.1, -0.05) is 17.7 Å². The number of likely N-dealkylation sites (N-methyl/N-ethyl adjacent to an activating group) is 1. The first-order valence-corrected chi connectivity index (χ1v) is 8.31. The minimum atomic E-state index is -0.0786. The van der Waals surface area contributed by atoms with Crippen molar-refractivity contribution in [3.05, 3.63) is 59.9 Å². The van der Waals surface area contributed by atoms with E-state index in [4.69, 9.17) is 0 Å². The van der Waals surface area contributed by atoms with E-state index in [1.54, 1.807) is 24.2 Å². The largest absolute Gasteiger partial charge is 0.344 e. The quantitative estimate of drug-likeness (QED) is 0.764. The van der Waals surface area contributed by atoms with E-state index in [1.165, 1.54) is 11.1 Å². The van der Waals surface area contributed by atoms with E-state index in [9.17, 15) is 4.79 Å². The molecule has 1 heterocycles. The fourth-order valence-electron chi connectivity index (χ4n) is 2.14. The van der Waals surface area contributed by atoms with Gasteiger partial charge in [0.2, 0.25) is 5.91 Å². The molecular weight excluding hydrogens is 292 g/mol. The zero-order valence-electron chi connectivity index (χ0n) is 13.3. The predicted molar refractivity (Wildman–Crippen MR) is 92.1 cm³/mol. The molecule has 0 saturated carbocycles. The van der Waals surface area contributed by atoms with Crippen LogP contribution < -0.4 is 0 Å². The van der Waals surface area contributed by atoms with Crippen molar-refractivity contribution >= 4 is 17.7 Å². The number of carbonyl (C=O) groups is 1. The molecule has 0 radical (unpaired) electrons. The van der Waals surface area contributed by atoms with Gasteiger partial charge in [0.25, 0.3) is 0 Å². The van der Waals surface area contributed by atoms with Gasteiger partial charge in [-0.15, -0.1) is 11.8 Å². The third kappa shape index (κ3) is 4.88. The van der Waals surface area contributed by atoms with Crippen molar-refractivity contribution in [2.24, 2.45) is 0 Å². The van der Waals surface area contributed by atoms with Gasteiger partial charge in [-0.25, -0.2) is 0 Å². The Morgan fingerprint density at radius 1 is 1.18 bits per heavy atom. The molecule has 3 nitrogen and oxygen atoms in total. The van der Waals surface area contributed by atoms with Gasteiger partial charge in [-0.3, -0.25) is 9.78 Å². The van der Waals surface area contributed by atoms with Crippen molar-refractivity contribution in [1.82, 2.24) is 9.88 Å². The number of hydrogen-bond donors (Lipinski definition) is 0. The van der Waals surface area contributed by atoms with Crippen molar-refractivity contribution in [3.8, 4) is 0 Å². The van der Waals surface area contributed by atoms with E-state index in [2.05, 4.69) is 36.2 Å². The van der Waals surface area contributed by atoms with E-state index >= 15 is 0 Å². The molecule has 1 atom stereocenters. The van der Waals surface area contributed by atoms with Crippen LogP contribution in [0.5, 0.6) is 0 Å². The summed E-state index contributed by atoms with van der Waals surface area (Å²) in [7, 11) is 1.87. The Morgan fingerprint density at radius 3 is 2.45 bits per heavy atom. The highest BCUT2D eigenvalue weighted by molar-refractivity contribution is 8.00. The summed E-state index contributed by atoms with van der Waals surface area (Å²) < 4.78 is 0. The Bertz CT molecular complexity index is 598. The van der Waals surface area contributed by atoms with Crippen LogP contribution in [0.15, 0.2) is 53.7 Å². The molecule has 1 amide bonds. The minimum Gasteiger partial charge on any atom is -0.344 e. The highest BCUT2D eigenvalue weighted by atomic mass is 32.2. The Balaban J connectivity index is 1.85. The van der Waals surface area contributed by atoms with Crippen LogP contribution in [0.25, 0.3) is 0 Å². The Hall–Kier alpha value is -1.81. The Kier molecular flexibility index (Phi) is 6.01. The highest BCUT2D eigenvalue weighted by Gasteiger charge is 2.18. The van der Waals surface area contributed by atoms with Crippen LogP contribution in [0.3, 0.4) is 0 Å². The van der Waals surface area contributed by atoms with E-state index in [1.807, 2.05) is 31.0 Å². The van der Waals surface area contributed by atoms with Crippen molar-refractivity contribution in [2.75, 3.05) is 13.6 Å². The van der Waals surface area contributed by atoms with Crippen LogP contribution in [0.1, 0.15) is 18.1 Å². The van der Waals surface area contributed by atoms with E-state index in [0.29, 0.717) is 0 Å². The summed E-state index contributed by atoms with van der Waals surface area (Å²) in [6.45, 7) is 4.76. The van der Waals surface area contributed by atoms with Gasteiger partial charge >= 0.3 is 0 Å². The summed E-state index contributed by atoms with van der Waals surface area (Å²) >= 11 is 1.61. The number of carbonyl (C=O) groups excluding carboxylic acids is 1. The first-order chi connectivity index (χ1) is 10.6. The number of thioether (sulfide) groups is 1. The van der Waals surface area contributed by atoms with Gasteiger partial charge in [0.15, 0.2) is 0 Å². The van der Waals surface area contributed by atoms with Crippen LogP contribution in [-0.2, 0) is 11.2 Å². The van der Waals surface area contributed by atoms with Gasteiger partial charge in [0.05, 0.1) is 5.25 Å². The zero-order valence-corrected chi connectivity index (χ0v) is 14.1. The van der Waals surface area contributed by atoms with Crippen molar-refractivity contribution in [3.63, 3.8) is 0 Å². The third-order valence-corrected chi connectivity index (χ3v) is 4.64. The summed E-state index contributed by atoms with van der Waals surface area (Å²) in [5, 5.41) is -0.0786. The summed E-state index contributed by atoms with van der Waals surface area (Å²) in [5.74, 6) is 0.166. The molecule has 0 fully saturated rings. The molecule has 0 aliphatic carbocycles. The smallest absolute Gasteiger partial charge is 0.235 e. The second-order valence-electron chi connectivity index (χ2n) is 5.44. The van der Waals surface area contributed by atoms with Crippen molar-refractivity contribution in [1.29, 1.82) is 0 Å². The first kappa shape index (κ1) is 16.6. The molecule has 1 aromatic carbocycles. The van der Waals surface area contributed by atoms with Gasteiger partial charge in [0.1, 0.15) is 0 Å². The SMILES string of the molecule is Cc1ccc(SC(C)C(=O)N(C)CCc2ccncc2)cc1. The molecule has 0 saturated heterocycles. The van der Waals surface area contributed by atoms with Gasteiger partial charge in [0, 0.05) is 30.9 Å². The van der Waals surface area contributed by atoms with Crippen LogP contribution in [0.4, 0.5) is 0 Å². The Morgan fingerprint density at radius 2 is 1.82 bits per heavy atom. The maximum absolute atomic E-state index is 12.4. The summed E-state index contributed by atoms with van der Waals surface area (Å²) in [6, 6.07) is 12.3. The molecular formula is C18H22N2OS. The molecule has 0 aliphatic heterocycles. The van der Waals surface area contributed by atoms with Gasteiger partial charge in [-0.2, -0.15) is 0 Å². The molecule has 22 heavy (non-hydrogen) atoms. The molecule has 1 aromatic heterocycles. The fourth-order valence-corrected chi connectivity index (χ4v) is 3.12. The van der Waals surface area contributed by atoms with Crippen molar-refractivity contribution < 1.29 is 4.79 Å². The van der Waals surface area contributed by atoms with Gasteiger partial charge < -0.3 is 4.90 Å². The lowest BCUT2D eigenvalue weighted by Gasteiger charge is -2.21. The maximum atomic E-state index is 12.4. The monoisotopic (exact) mass is 314 g/mol. The number of hydrogen-bond acceptors (Lipinski definition) is 3. The molecule has 0 spiro atoms. The summed E-state index contributed by atoms with van der Waals surface area (Å²) in [4.78, 5) is 19.4. The lowest BCUT2D eigenvalue weighted by Crippen LogP contribution is -2.34.